The number of fused-ring (bicyclic) bond motifs is 3. The van der Waals surface area contributed by atoms with Gasteiger partial charge >= 0.3 is 0 Å². The van der Waals surface area contributed by atoms with Crippen molar-refractivity contribution < 1.29 is 4.79 Å². The quantitative estimate of drug-likeness (QED) is 0.909. The van der Waals surface area contributed by atoms with Gasteiger partial charge < -0.3 is 10.2 Å². The lowest BCUT2D eigenvalue weighted by atomic mass is 10.1. The van der Waals surface area contributed by atoms with E-state index < -0.39 is 0 Å². The van der Waals surface area contributed by atoms with E-state index in [1.807, 2.05) is 6.07 Å². The van der Waals surface area contributed by atoms with Crippen LogP contribution in [0.25, 0.3) is 0 Å². The predicted molar refractivity (Wildman–Crippen MR) is 99.1 cm³/mol. The molecule has 1 N–H and O–H groups in total. The first-order valence-electron chi connectivity index (χ1n) is 9.46. The van der Waals surface area contributed by atoms with Crippen molar-refractivity contribution in [3.8, 4) is 0 Å². The molecule has 3 aliphatic rings. The summed E-state index contributed by atoms with van der Waals surface area (Å²) < 4.78 is 0. The van der Waals surface area contributed by atoms with Crippen LogP contribution in [-0.4, -0.2) is 52.7 Å². The van der Waals surface area contributed by atoms with E-state index in [4.69, 9.17) is 0 Å². The Bertz CT molecular complexity index is 820. The maximum Gasteiger partial charge on any atom is 0.272 e. The lowest BCUT2D eigenvalue weighted by Crippen LogP contribution is -2.51. The zero-order chi connectivity index (χ0) is 17.5. The van der Waals surface area contributed by atoms with Gasteiger partial charge in [0.25, 0.3) is 5.91 Å². The van der Waals surface area contributed by atoms with Crippen LogP contribution >= 0.6 is 0 Å². The molecule has 0 bridgehead atoms. The third-order valence-electron chi connectivity index (χ3n) is 5.54. The number of carbonyl (C=O) groups excluding carboxylic acids is 1. The molecule has 1 unspecified atom stereocenters. The molecule has 1 aromatic carbocycles. The molecule has 5 rings (SSSR count). The number of piperazine rings is 1. The molecule has 1 aliphatic carbocycles. The molecule has 1 saturated carbocycles. The summed E-state index contributed by atoms with van der Waals surface area (Å²) in [4.78, 5) is 17.1. The molecule has 2 fully saturated rings. The van der Waals surface area contributed by atoms with E-state index in [1.165, 1.54) is 5.56 Å². The summed E-state index contributed by atoms with van der Waals surface area (Å²) >= 11 is 0. The second-order valence-electron chi connectivity index (χ2n) is 7.60. The van der Waals surface area contributed by atoms with Gasteiger partial charge in [-0.3, -0.25) is 9.69 Å². The summed E-state index contributed by atoms with van der Waals surface area (Å²) in [5.41, 5.74) is 2.97. The zero-order valence-corrected chi connectivity index (χ0v) is 14.8. The van der Waals surface area contributed by atoms with Gasteiger partial charge in [0.05, 0.1) is 0 Å². The molecule has 6 nitrogen and oxygen atoms in total. The minimum Gasteiger partial charge on any atom is -0.349 e. The summed E-state index contributed by atoms with van der Waals surface area (Å²) in [6.07, 6.45) is 3.11. The fraction of sp³-hybridized carbons (Fsp3) is 0.450. The first-order valence-corrected chi connectivity index (χ1v) is 9.46. The van der Waals surface area contributed by atoms with Crippen molar-refractivity contribution >= 4 is 11.7 Å². The van der Waals surface area contributed by atoms with E-state index in [0.29, 0.717) is 17.8 Å². The second-order valence-corrected chi connectivity index (χ2v) is 7.60. The number of amides is 1. The van der Waals surface area contributed by atoms with Gasteiger partial charge in [-0.15, -0.1) is 10.2 Å². The molecule has 6 heteroatoms. The highest BCUT2D eigenvalue weighted by atomic mass is 16.2. The van der Waals surface area contributed by atoms with Crippen LogP contribution in [0.4, 0.5) is 5.82 Å². The van der Waals surface area contributed by atoms with Crippen molar-refractivity contribution in [2.24, 2.45) is 0 Å². The lowest BCUT2D eigenvalue weighted by Gasteiger charge is -2.38. The van der Waals surface area contributed by atoms with E-state index >= 15 is 0 Å². The maximum absolute atomic E-state index is 12.2. The molecular weight excluding hydrogens is 326 g/mol. The van der Waals surface area contributed by atoms with Gasteiger partial charge in [0.1, 0.15) is 0 Å². The van der Waals surface area contributed by atoms with Crippen LogP contribution in [0.3, 0.4) is 0 Å². The minimum absolute atomic E-state index is 0.0848. The lowest BCUT2D eigenvalue weighted by molar-refractivity contribution is 0.0945. The van der Waals surface area contributed by atoms with Crippen molar-refractivity contribution in [2.75, 3.05) is 24.5 Å². The van der Waals surface area contributed by atoms with Crippen molar-refractivity contribution in [2.45, 2.75) is 37.9 Å². The number of nitrogens with zero attached hydrogens (tertiary/aromatic N) is 4. The highest BCUT2D eigenvalue weighted by Gasteiger charge is 2.36. The highest BCUT2D eigenvalue weighted by Crippen LogP contribution is 2.32. The van der Waals surface area contributed by atoms with Crippen molar-refractivity contribution in [1.82, 2.24) is 20.4 Å². The van der Waals surface area contributed by atoms with Crippen LogP contribution in [0.5, 0.6) is 0 Å². The van der Waals surface area contributed by atoms with E-state index in [2.05, 4.69) is 55.6 Å². The van der Waals surface area contributed by atoms with Crippen molar-refractivity contribution in [1.29, 1.82) is 0 Å². The Labute approximate surface area is 153 Å². The number of carbonyl (C=O) groups is 1. The van der Waals surface area contributed by atoms with Gasteiger partial charge in [-0.2, -0.15) is 0 Å². The zero-order valence-electron chi connectivity index (χ0n) is 14.8. The van der Waals surface area contributed by atoms with Gasteiger partial charge in [0.15, 0.2) is 11.5 Å². The third kappa shape index (κ3) is 3.05. The molecule has 0 spiro atoms. The molecule has 3 heterocycles. The number of benzene rings is 1. The van der Waals surface area contributed by atoms with Crippen LogP contribution < -0.4 is 10.2 Å². The smallest absolute Gasteiger partial charge is 0.272 e. The summed E-state index contributed by atoms with van der Waals surface area (Å²) in [6.45, 7) is 4.00. The first kappa shape index (κ1) is 15.8. The topological polar surface area (TPSA) is 61.4 Å². The first-order chi connectivity index (χ1) is 12.8. The molecule has 2 aromatic rings. The molecule has 2 aliphatic heterocycles. The molecule has 1 aromatic heterocycles. The van der Waals surface area contributed by atoms with Gasteiger partial charge in [-0.25, -0.2) is 0 Å². The standard InChI is InChI=1S/C20H23N5O/c26-20(21-16-6-7-16)18-11-15-10-17-13-24(12-14-4-2-1-3-5-14)8-9-25(17)19(15)23-22-18/h1-5,11,16-17H,6-10,12-13H2,(H,21,26). The molecule has 134 valence electrons. The largest absolute Gasteiger partial charge is 0.349 e. The van der Waals surface area contributed by atoms with Gasteiger partial charge in [-0.1, -0.05) is 30.3 Å². The fourth-order valence-corrected chi connectivity index (χ4v) is 4.03. The summed E-state index contributed by atoms with van der Waals surface area (Å²) in [5.74, 6) is 0.885. The molecule has 1 atom stereocenters. The molecule has 1 amide bonds. The Morgan fingerprint density at radius 2 is 2.00 bits per heavy atom. The van der Waals surface area contributed by atoms with Crippen LogP contribution in [0.1, 0.15) is 34.5 Å². The number of nitrogens with one attached hydrogen (secondary N) is 1. The van der Waals surface area contributed by atoms with Gasteiger partial charge in [0.2, 0.25) is 0 Å². The van der Waals surface area contributed by atoms with E-state index in [0.717, 1.165) is 56.8 Å². The van der Waals surface area contributed by atoms with Crippen molar-refractivity contribution in [3.05, 3.63) is 53.2 Å². The number of hydrogen-bond acceptors (Lipinski definition) is 5. The summed E-state index contributed by atoms with van der Waals surface area (Å²) in [6, 6.07) is 13.3. The highest BCUT2D eigenvalue weighted by molar-refractivity contribution is 5.93. The summed E-state index contributed by atoms with van der Waals surface area (Å²) in [5, 5.41) is 11.6. The monoisotopic (exact) mass is 349 g/mol. The SMILES string of the molecule is O=C(NC1CC1)c1cc2c(nn1)N1CCN(Cc3ccccc3)CC1C2. The number of rotatable bonds is 4. The Kier molecular flexibility index (Phi) is 3.85. The van der Waals surface area contributed by atoms with Crippen LogP contribution in [0, 0.1) is 0 Å². The van der Waals surface area contributed by atoms with Crippen LogP contribution in [-0.2, 0) is 13.0 Å². The maximum atomic E-state index is 12.2. The van der Waals surface area contributed by atoms with E-state index in [9.17, 15) is 4.79 Å². The predicted octanol–water partition coefficient (Wildman–Crippen LogP) is 1.62. The number of aromatic nitrogens is 2. The summed E-state index contributed by atoms with van der Waals surface area (Å²) in [7, 11) is 0. The Hall–Kier alpha value is -2.47. The molecule has 0 radical (unpaired) electrons. The molecule has 1 saturated heterocycles. The molecular formula is C20H23N5O. The molecule has 26 heavy (non-hydrogen) atoms. The fourth-order valence-electron chi connectivity index (χ4n) is 4.03. The Morgan fingerprint density at radius 3 is 2.81 bits per heavy atom. The van der Waals surface area contributed by atoms with Gasteiger partial charge in [0, 0.05) is 43.8 Å². The third-order valence-corrected chi connectivity index (χ3v) is 5.54. The number of hydrogen-bond donors (Lipinski definition) is 1. The Morgan fingerprint density at radius 1 is 1.15 bits per heavy atom. The Balaban J connectivity index is 1.28. The normalized spacial score (nSPS) is 22.0. The van der Waals surface area contributed by atoms with Crippen LogP contribution in [0.2, 0.25) is 0 Å². The second kappa shape index (κ2) is 6.36. The van der Waals surface area contributed by atoms with Gasteiger partial charge in [-0.05, 0) is 30.9 Å². The van der Waals surface area contributed by atoms with E-state index in [-0.39, 0.29) is 5.91 Å². The minimum atomic E-state index is -0.0848. The number of anilines is 1. The van der Waals surface area contributed by atoms with Crippen LogP contribution in [0.15, 0.2) is 36.4 Å². The van der Waals surface area contributed by atoms with Crippen molar-refractivity contribution in [3.63, 3.8) is 0 Å². The average molecular weight is 349 g/mol. The average Bonchev–Trinajstić information content (AvgIpc) is 3.40. The van der Waals surface area contributed by atoms with E-state index in [1.54, 1.807) is 0 Å².